The maximum Gasteiger partial charge on any atom is 0.161 e. The van der Waals surface area contributed by atoms with E-state index < -0.39 is 0 Å². The van der Waals surface area contributed by atoms with E-state index in [1.165, 1.54) is 5.56 Å². The molecule has 3 heteroatoms. The SMILES string of the molecule is c1cc2c(cc1C1CCO1)OCCCO2. The third kappa shape index (κ3) is 1.67. The maximum absolute atomic E-state index is 5.63. The molecular weight excluding hydrogens is 192 g/mol. The Labute approximate surface area is 89.0 Å². The molecule has 2 heterocycles. The lowest BCUT2D eigenvalue weighted by molar-refractivity contribution is -0.0528. The largest absolute Gasteiger partial charge is 0.490 e. The first-order chi connectivity index (χ1) is 7.43. The van der Waals surface area contributed by atoms with Crippen LogP contribution in [-0.4, -0.2) is 19.8 Å². The number of hydrogen-bond acceptors (Lipinski definition) is 3. The van der Waals surface area contributed by atoms with E-state index in [9.17, 15) is 0 Å². The van der Waals surface area contributed by atoms with Crippen molar-refractivity contribution in [1.29, 1.82) is 0 Å². The smallest absolute Gasteiger partial charge is 0.161 e. The molecule has 3 rings (SSSR count). The van der Waals surface area contributed by atoms with E-state index in [4.69, 9.17) is 14.2 Å². The Morgan fingerprint density at radius 3 is 2.53 bits per heavy atom. The third-order valence-corrected chi connectivity index (χ3v) is 2.84. The number of rotatable bonds is 1. The summed E-state index contributed by atoms with van der Waals surface area (Å²) in [7, 11) is 0. The Hall–Kier alpha value is -1.22. The van der Waals surface area contributed by atoms with Gasteiger partial charge in [0.15, 0.2) is 11.5 Å². The van der Waals surface area contributed by atoms with Crippen molar-refractivity contribution in [1.82, 2.24) is 0 Å². The fraction of sp³-hybridized carbons (Fsp3) is 0.500. The van der Waals surface area contributed by atoms with Crippen molar-refractivity contribution in [3.05, 3.63) is 23.8 Å². The summed E-state index contributed by atoms with van der Waals surface area (Å²) in [5, 5.41) is 0. The van der Waals surface area contributed by atoms with E-state index in [2.05, 4.69) is 6.07 Å². The van der Waals surface area contributed by atoms with Gasteiger partial charge in [-0.15, -0.1) is 0 Å². The predicted molar refractivity (Wildman–Crippen MR) is 55.4 cm³/mol. The Morgan fingerprint density at radius 2 is 1.80 bits per heavy atom. The van der Waals surface area contributed by atoms with E-state index in [1.54, 1.807) is 0 Å². The van der Waals surface area contributed by atoms with Gasteiger partial charge in [0.05, 0.1) is 25.9 Å². The molecule has 0 aliphatic carbocycles. The lowest BCUT2D eigenvalue weighted by atomic mass is 10.0. The van der Waals surface area contributed by atoms with Crippen molar-refractivity contribution < 1.29 is 14.2 Å². The maximum atomic E-state index is 5.63. The summed E-state index contributed by atoms with van der Waals surface area (Å²) in [4.78, 5) is 0. The zero-order chi connectivity index (χ0) is 10.1. The van der Waals surface area contributed by atoms with Gasteiger partial charge in [-0.3, -0.25) is 0 Å². The van der Waals surface area contributed by atoms with Crippen LogP contribution in [0.4, 0.5) is 0 Å². The van der Waals surface area contributed by atoms with Gasteiger partial charge in [-0.1, -0.05) is 6.07 Å². The van der Waals surface area contributed by atoms with Gasteiger partial charge in [-0.2, -0.15) is 0 Å². The molecule has 0 saturated carbocycles. The Balaban J connectivity index is 1.89. The van der Waals surface area contributed by atoms with Crippen LogP contribution >= 0.6 is 0 Å². The van der Waals surface area contributed by atoms with Crippen LogP contribution in [0.3, 0.4) is 0 Å². The first kappa shape index (κ1) is 9.04. The second-order valence-electron chi connectivity index (χ2n) is 3.90. The molecule has 1 aromatic rings. The molecule has 2 aliphatic heterocycles. The van der Waals surface area contributed by atoms with Crippen LogP contribution < -0.4 is 9.47 Å². The number of ether oxygens (including phenoxy) is 3. The Morgan fingerprint density at radius 1 is 1.00 bits per heavy atom. The molecule has 0 aromatic heterocycles. The molecule has 1 aromatic carbocycles. The minimum atomic E-state index is 0.266. The molecule has 0 radical (unpaired) electrons. The van der Waals surface area contributed by atoms with Crippen LogP contribution in [0, 0.1) is 0 Å². The second kappa shape index (κ2) is 3.74. The number of benzene rings is 1. The molecule has 15 heavy (non-hydrogen) atoms. The van der Waals surface area contributed by atoms with E-state index in [0.29, 0.717) is 0 Å². The van der Waals surface area contributed by atoms with Gasteiger partial charge in [-0.05, 0) is 17.7 Å². The summed E-state index contributed by atoms with van der Waals surface area (Å²) in [5.41, 5.74) is 1.20. The summed E-state index contributed by atoms with van der Waals surface area (Å²) in [6.45, 7) is 2.35. The minimum Gasteiger partial charge on any atom is -0.490 e. The molecule has 0 spiro atoms. The fourth-order valence-electron chi connectivity index (χ4n) is 1.88. The highest BCUT2D eigenvalue weighted by Gasteiger charge is 2.22. The van der Waals surface area contributed by atoms with Gasteiger partial charge in [0.2, 0.25) is 0 Å². The van der Waals surface area contributed by atoms with Crippen molar-refractivity contribution in [2.24, 2.45) is 0 Å². The van der Waals surface area contributed by atoms with Gasteiger partial charge >= 0.3 is 0 Å². The van der Waals surface area contributed by atoms with Gasteiger partial charge < -0.3 is 14.2 Å². The topological polar surface area (TPSA) is 27.7 Å². The van der Waals surface area contributed by atoms with Crippen LogP contribution in [0.5, 0.6) is 11.5 Å². The molecule has 0 bridgehead atoms. The summed E-state index contributed by atoms with van der Waals surface area (Å²) < 4.78 is 16.6. The van der Waals surface area contributed by atoms with Crippen molar-refractivity contribution in [3.8, 4) is 11.5 Å². The van der Waals surface area contributed by atoms with Crippen molar-refractivity contribution in [2.45, 2.75) is 18.9 Å². The molecule has 1 atom stereocenters. The minimum absolute atomic E-state index is 0.266. The Kier molecular flexibility index (Phi) is 2.25. The second-order valence-corrected chi connectivity index (χ2v) is 3.90. The molecule has 1 unspecified atom stereocenters. The summed E-state index contributed by atoms with van der Waals surface area (Å²) in [5.74, 6) is 1.72. The zero-order valence-corrected chi connectivity index (χ0v) is 8.57. The van der Waals surface area contributed by atoms with E-state index in [-0.39, 0.29) is 6.10 Å². The standard InChI is InChI=1S/C12H14O3/c1-5-13-11-3-2-9(10-4-7-15-10)8-12(11)14-6-1/h2-3,8,10H,1,4-7H2. The summed E-state index contributed by atoms with van der Waals surface area (Å²) in [6, 6.07) is 6.10. The van der Waals surface area contributed by atoms with Gasteiger partial charge in [0.1, 0.15) is 0 Å². The first-order valence-electron chi connectivity index (χ1n) is 5.44. The lowest BCUT2D eigenvalue weighted by Crippen LogP contribution is -2.18. The van der Waals surface area contributed by atoms with Crippen LogP contribution in [0.1, 0.15) is 24.5 Å². The molecule has 80 valence electrons. The van der Waals surface area contributed by atoms with Gasteiger partial charge in [-0.25, -0.2) is 0 Å². The van der Waals surface area contributed by atoms with Crippen molar-refractivity contribution in [2.75, 3.05) is 19.8 Å². The van der Waals surface area contributed by atoms with Gasteiger partial charge in [0.25, 0.3) is 0 Å². The monoisotopic (exact) mass is 206 g/mol. The normalized spacial score (nSPS) is 24.1. The molecule has 3 nitrogen and oxygen atoms in total. The number of fused-ring (bicyclic) bond motifs is 1. The van der Waals surface area contributed by atoms with Crippen LogP contribution in [0.15, 0.2) is 18.2 Å². The zero-order valence-electron chi connectivity index (χ0n) is 8.57. The molecule has 2 aliphatic rings. The third-order valence-electron chi connectivity index (χ3n) is 2.84. The highest BCUT2D eigenvalue weighted by atomic mass is 16.5. The quantitative estimate of drug-likeness (QED) is 0.705. The van der Waals surface area contributed by atoms with E-state index in [1.807, 2.05) is 12.1 Å². The van der Waals surface area contributed by atoms with E-state index in [0.717, 1.165) is 44.2 Å². The highest BCUT2D eigenvalue weighted by Crippen LogP contribution is 2.36. The average Bonchev–Trinajstić information content (AvgIpc) is 2.39. The molecule has 1 saturated heterocycles. The molecular formula is C12H14O3. The predicted octanol–water partition coefficient (Wildman–Crippen LogP) is 2.31. The van der Waals surface area contributed by atoms with Crippen LogP contribution in [0.2, 0.25) is 0 Å². The van der Waals surface area contributed by atoms with Crippen LogP contribution in [-0.2, 0) is 4.74 Å². The Bertz CT molecular complexity index is 358. The van der Waals surface area contributed by atoms with Gasteiger partial charge in [0, 0.05) is 12.8 Å². The molecule has 1 fully saturated rings. The summed E-state index contributed by atoms with van der Waals surface area (Å²) >= 11 is 0. The molecule has 0 N–H and O–H groups in total. The fourth-order valence-corrected chi connectivity index (χ4v) is 1.88. The van der Waals surface area contributed by atoms with Crippen molar-refractivity contribution in [3.63, 3.8) is 0 Å². The summed E-state index contributed by atoms with van der Waals surface area (Å²) in [6.07, 6.45) is 2.32. The lowest BCUT2D eigenvalue weighted by Gasteiger charge is -2.27. The molecule has 0 amide bonds. The van der Waals surface area contributed by atoms with Crippen molar-refractivity contribution >= 4 is 0 Å². The average molecular weight is 206 g/mol. The number of hydrogen-bond donors (Lipinski definition) is 0. The van der Waals surface area contributed by atoms with E-state index >= 15 is 0 Å². The van der Waals surface area contributed by atoms with Crippen LogP contribution in [0.25, 0.3) is 0 Å². The first-order valence-corrected chi connectivity index (χ1v) is 5.44. The highest BCUT2D eigenvalue weighted by molar-refractivity contribution is 5.44.